The van der Waals surface area contributed by atoms with Gasteiger partial charge in [-0.05, 0) is 19.3 Å². The molecule has 24 heavy (non-hydrogen) atoms. The predicted molar refractivity (Wildman–Crippen MR) is 88.1 cm³/mol. The third kappa shape index (κ3) is 8.71. The standard InChI is InChI=1S/C17H34O7/c1-4-7-15(22-8-12(5-2)16(18)19)23-9-13(6-3)17(20)24-11-14-10-21-14/h12-20H,4-11H2,1-3H3. The zero-order chi connectivity index (χ0) is 17.9. The van der Waals surface area contributed by atoms with E-state index in [0.717, 1.165) is 12.8 Å². The van der Waals surface area contributed by atoms with Crippen LogP contribution in [-0.2, 0) is 18.9 Å². The van der Waals surface area contributed by atoms with E-state index in [9.17, 15) is 15.3 Å². The minimum Gasteiger partial charge on any atom is -0.371 e. The van der Waals surface area contributed by atoms with Gasteiger partial charge in [-0.15, -0.1) is 0 Å². The molecular weight excluding hydrogens is 316 g/mol. The minimum absolute atomic E-state index is 0.116. The highest BCUT2D eigenvalue weighted by Crippen LogP contribution is 2.18. The molecule has 1 rings (SSSR count). The van der Waals surface area contributed by atoms with Crippen molar-refractivity contribution in [3.8, 4) is 0 Å². The summed E-state index contributed by atoms with van der Waals surface area (Å²) in [6, 6.07) is 0. The number of rotatable bonds is 15. The largest absolute Gasteiger partial charge is 0.371 e. The summed E-state index contributed by atoms with van der Waals surface area (Å²) in [5.74, 6) is -0.473. The van der Waals surface area contributed by atoms with Crippen molar-refractivity contribution in [2.45, 2.75) is 71.4 Å². The fraction of sp³-hybridized carbons (Fsp3) is 1.00. The zero-order valence-electron chi connectivity index (χ0n) is 15.1. The Bertz CT molecular complexity index is 309. The fourth-order valence-corrected chi connectivity index (χ4v) is 2.24. The molecule has 0 saturated carbocycles. The van der Waals surface area contributed by atoms with Gasteiger partial charge in [0.2, 0.25) is 0 Å². The second-order valence-corrected chi connectivity index (χ2v) is 6.31. The maximum Gasteiger partial charge on any atom is 0.159 e. The van der Waals surface area contributed by atoms with Crippen molar-refractivity contribution in [1.82, 2.24) is 0 Å². The van der Waals surface area contributed by atoms with E-state index in [1.807, 2.05) is 20.8 Å². The number of hydrogen-bond donors (Lipinski definition) is 3. The molecule has 0 bridgehead atoms. The molecule has 7 heteroatoms. The highest BCUT2D eigenvalue weighted by Gasteiger charge is 2.27. The van der Waals surface area contributed by atoms with Crippen LogP contribution in [0.25, 0.3) is 0 Å². The maximum atomic E-state index is 10.1. The number of epoxide rings is 1. The molecule has 5 atom stereocenters. The van der Waals surface area contributed by atoms with E-state index in [0.29, 0.717) is 32.7 Å². The average Bonchev–Trinajstić information content (AvgIpc) is 3.37. The maximum absolute atomic E-state index is 10.1. The summed E-state index contributed by atoms with van der Waals surface area (Å²) in [7, 11) is 0. The summed E-state index contributed by atoms with van der Waals surface area (Å²) in [6.45, 7) is 7.54. The minimum atomic E-state index is -1.39. The smallest absolute Gasteiger partial charge is 0.159 e. The van der Waals surface area contributed by atoms with Crippen molar-refractivity contribution in [3.05, 3.63) is 0 Å². The van der Waals surface area contributed by atoms with E-state index < -0.39 is 18.9 Å². The second-order valence-electron chi connectivity index (χ2n) is 6.31. The normalized spacial score (nSPS) is 22.4. The molecule has 7 nitrogen and oxygen atoms in total. The SMILES string of the molecule is CCCC(OCC(CC)C(O)O)OCC(CC)C(O)OCC1CO1. The average molecular weight is 350 g/mol. The number of aliphatic hydroxyl groups excluding tert-OH is 2. The van der Waals surface area contributed by atoms with Crippen molar-refractivity contribution in [2.24, 2.45) is 11.8 Å². The van der Waals surface area contributed by atoms with Gasteiger partial charge in [-0.3, -0.25) is 0 Å². The van der Waals surface area contributed by atoms with Crippen LogP contribution < -0.4 is 0 Å². The van der Waals surface area contributed by atoms with E-state index in [-0.39, 0.29) is 24.5 Å². The first kappa shape index (κ1) is 21.8. The summed E-state index contributed by atoms with van der Waals surface area (Å²) < 4.78 is 22.0. The summed E-state index contributed by atoms with van der Waals surface area (Å²) in [4.78, 5) is 0. The van der Waals surface area contributed by atoms with Gasteiger partial charge < -0.3 is 34.3 Å². The Kier molecular flexibility index (Phi) is 11.0. The molecule has 144 valence electrons. The van der Waals surface area contributed by atoms with Gasteiger partial charge in [0.15, 0.2) is 18.9 Å². The number of hydrogen-bond acceptors (Lipinski definition) is 7. The van der Waals surface area contributed by atoms with E-state index in [2.05, 4.69) is 0 Å². The first-order valence-electron chi connectivity index (χ1n) is 9.02. The third-order valence-corrected chi connectivity index (χ3v) is 4.25. The van der Waals surface area contributed by atoms with Crippen LogP contribution in [0.5, 0.6) is 0 Å². The lowest BCUT2D eigenvalue weighted by atomic mass is 10.1. The summed E-state index contributed by atoms with van der Waals surface area (Å²) in [5, 5.41) is 28.6. The number of aliphatic hydroxyl groups is 3. The van der Waals surface area contributed by atoms with E-state index in [1.165, 1.54) is 0 Å². The summed E-state index contributed by atoms with van der Waals surface area (Å²) in [5.41, 5.74) is 0. The molecule has 0 aliphatic carbocycles. The van der Waals surface area contributed by atoms with Crippen LogP contribution in [0.15, 0.2) is 0 Å². The molecule has 0 amide bonds. The van der Waals surface area contributed by atoms with Crippen molar-refractivity contribution in [3.63, 3.8) is 0 Å². The number of ether oxygens (including phenoxy) is 4. The van der Waals surface area contributed by atoms with Crippen LogP contribution in [0.4, 0.5) is 0 Å². The molecule has 5 unspecified atom stereocenters. The fourth-order valence-electron chi connectivity index (χ4n) is 2.24. The molecule has 1 aliphatic rings. The molecule has 0 radical (unpaired) electrons. The van der Waals surface area contributed by atoms with Gasteiger partial charge in [0.05, 0.1) is 26.4 Å². The van der Waals surface area contributed by atoms with Crippen molar-refractivity contribution >= 4 is 0 Å². The Labute approximate surface area is 144 Å². The van der Waals surface area contributed by atoms with Crippen molar-refractivity contribution in [1.29, 1.82) is 0 Å². The summed E-state index contributed by atoms with van der Waals surface area (Å²) in [6.07, 6.45) is 0.354. The molecule has 1 fully saturated rings. The Hall–Kier alpha value is -0.280. The molecule has 0 spiro atoms. The van der Waals surface area contributed by atoms with Gasteiger partial charge in [0, 0.05) is 11.8 Å². The van der Waals surface area contributed by atoms with Crippen LogP contribution in [0.1, 0.15) is 46.5 Å². The van der Waals surface area contributed by atoms with E-state index in [1.54, 1.807) is 0 Å². The van der Waals surface area contributed by atoms with Crippen molar-refractivity contribution < 1.29 is 34.3 Å². The molecule has 3 N–H and O–H groups in total. The Balaban J connectivity index is 2.35. The lowest BCUT2D eigenvalue weighted by Gasteiger charge is -2.26. The van der Waals surface area contributed by atoms with E-state index in [4.69, 9.17) is 18.9 Å². The molecule has 0 aromatic rings. The topological polar surface area (TPSA) is 101 Å². The highest BCUT2D eigenvalue weighted by atomic mass is 16.7. The predicted octanol–water partition coefficient (Wildman–Crippen LogP) is 1.24. The van der Waals surface area contributed by atoms with Crippen LogP contribution in [-0.4, -0.2) is 66.7 Å². The van der Waals surface area contributed by atoms with Gasteiger partial charge in [-0.1, -0.05) is 27.2 Å². The molecule has 1 heterocycles. The first-order valence-corrected chi connectivity index (χ1v) is 9.02. The van der Waals surface area contributed by atoms with Crippen LogP contribution in [0.3, 0.4) is 0 Å². The highest BCUT2D eigenvalue weighted by molar-refractivity contribution is 4.69. The van der Waals surface area contributed by atoms with Crippen LogP contribution in [0.2, 0.25) is 0 Å². The molecule has 1 saturated heterocycles. The van der Waals surface area contributed by atoms with Gasteiger partial charge in [-0.2, -0.15) is 0 Å². The van der Waals surface area contributed by atoms with Crippen LogP contribution >= 0.6 is 0 Å². The van der Waals surface area contributed by atoms with Gasteiger partial charge >= 0.3 is 0 Å². The summed E-state index contributed by atoms with van der Waals surface area (Å²) >= 11 is 0. The van der Waals surface area contributed by atoms with Gasteiger partial charge in [0.1, 0.15) is 6.10 Å². The van der Waals surface area contributed by atoms with Gasteiger partial charge in [0.25, 0.3) is 0 Å². The van der Waals surface area contributed by atoms with E-state index >= 15 is 0 Å². The molecule has 0 aromatic heterocycles. The van der Waals surface area contributed by atoms with Gasteiger partial charge in [-0.25, -0.2) is 0 Å². The lowest BCUT2D eigenvalue weighted by Crippen LogP contribution is -2.32. The second kappa shape index (κ2) is 12.1. The quantitative estimate of drug-likeness (QED) is 0.302. The molecule has 0 aromatic carbocycles. The molecular formula is C17H34O7. The Morgan fingerprint density at radius 2 is 1.54 bits per heavy atom. The Morgan fingerprint density at radius 3 is 2.00 bits per heavy atom. The molecule has 1 aliphatic heterocycles. The lowest BCUT2D eigenvalue weighted by molar-refractivity contribution is -0.203. The monoisotopic (exact) mass is 350 g/mol. The Morgan fingerprint density at radius 1 is 0.958 bits per heavy atom. The zero-order valence-corrected chi connectivity index (χ0v) is 15.1. The van der Waals surface area contributed by atoms with Crippen molar-refractivity contribution in [2.75, 3.05) is 26.4 Å². The first-order chi connectivity index (χ1) is 11.5. The van der Waals surface area contributed by atoms with Crippen LogP contribution in [0, 0.1) is 11.8 Å². The third-order valence-electron chi connectivity index (χ3n) is 4.25.